The molecule has 17 heavy (non-hydrogen) atoms. The van der Waals surface area contributed by atoms with Crippen molar-refractivity contribution in [1.82, 2.24) is 15.3 Å². The first-order valence-electron chi connectivity index (χ1n) is 6.94. The average Bonchev–Trinajstić information content (AvgIpc) is 2.35. The van der Waals surface area contributed by atoms with Crippen LogP contribution in [0.4, 0.5) is 0 Å². The Bertz CT molecular complexity index is 367. The van der Waals surface area contributed by atoms with Crippen molar-refractivity contribution in [3.63, 3.8) is 0 Å². The third-order valence-corrected chi connectivity index (χ3v) is 4.09. The van der Waals surface area contributed by atoms with Gasteiger partial charge in [0, 0.05) is 24.2 Å². The number of aromatic nitrogens is 2. The molecule has 3 rings (SSSR count). The zero-order valence-corrected chi connectivity index (χ0v) is 10.4. The summed E-state index contributed by atoms with van der Waals surface area (Å²) in [5.74, 6) is 2.51. The molecule has 2 aliphatic rings. The van der Waals surface area contributed by atoms with Crippen molar-refractivity contribution in [1.29, 1.82) is 0 Å². The van der Waals surface area contributed by atoms with Crippen LogP contribution in [0.3, 0.4) is 0 Å². The monoisotopic (exact) mass is 231 g/mol. The van der Waals surface area contributed by atoms with E-state index in [4.69, 9.17) is 4.98 Å². The molecule has 1 N–H and O–H groups in total. The van der Waals surface area contributed by atoms with E-state index in [0.717, 1.165) is 31.3 Å². The van der Waals surface area contributed by atoms with E-state index >= 15 is 0 Å². The lowest BCUT2D eigenvalue weighted by molar-refractivity contribution is 0.340. The van der Waals surface area contributed by atoms with Crippen LogP contribution >= 0.6 is 0 Å². The molecule has 3 heteroatoms. The van der Waals surface area contributed by atoms with Crippen molar-refractivity contribution in [2.24, 2.45) is 5.92 Å². The largest absolute Gasteiger partial charge is 0.316 e. The zero-order valence-electron chi connectivity index (χ0n) is 10.4. The minimum atomic E-state index is 0.699. The number of hydrogen-bond donors (Lipinski definition) is 1. The lowest BCUT2D eigenvalue weighted by Crippen LogP contribution is -2.43. The Hall–Kier alpha value is -0.960. The van der Waals surface area contributed by atoms with Gasteiger partial charge in [0.2, 0.25) is 0 Å². The molecule has 0 bridgehead atoms. The second kappa shape index (κ2) is 5.13. The molecule has 2 heterocycles. The van der Waals surface area contributed by atoms with Gasteiger partial charge in [-0.25, -0.2) is 9.97 Å². The molecule has 0 spiro atoms. The van der Waals surface area contributed by atoms with Crippen LogP contribution < -0.4 is 5.32 Å². The van der Waals surface area contributed by atoms with E-state index in [0.29, 0.717) is 5.92 Å². The Balaban J connectivity index is 1.68. The summed E-state index contributed by atoms with van der Waals surface area (Å²) in [5.41, 5.74) is 1.29. The van der Waals surface area contributed by atoms with Crippen molar-refractivity contribution in [2.45, 2.75) is 44.4 Å². The molecule has 0 unspecified atom stereocenters. The Kier molecular flexibility index (Phi) is 3.36. The first-order valence-corrected chi connectivity index (χ1v) is 6.94. The molecule has 3 nitrogen and oxygen atoms in total. The minimum absolute atomic E-state index is 0.699. The van der Waals surface area contributed by atoms with Crippen molar-refractivity contribution < 1.29 is 0 Å². The maximum atomic E-state index is 4.78. The molecule has 0 atom stereocenters. The van der Waals surface area contributed by atoms with Gasteiger partial charge in [-0.15, -0.1) is 0 Å². The summed E-state index contributed by atoms with van der Waals surface area (Å²) < 4.78 is 0. The van der Waals surface area contributed by atoms with E-state index in [-0.39, 0.29) is 0 Å². The topological polar surface area (TPSA) is 37.8 Å². The van der Waals surface area contributed by atoms with Gasteiger partial charge in [-0.2, -0.15) is 0 Å². The highest BCUT2D eigenvalue weighted by molar-refractivity contribution is 5.10. The van der Waals surface area contributed by atoms with Crippen LogP contribution in [0.1, 0.15) is 49.5 Å². The molecule has 1 aromatic rings. The first kappa shape index (κ1) is 11.1. The summed E-state index contributed by atoms with van der Waals surface area (Å²) in [5, 5.41) is 3.30. The number of nitrogens with one attached hydrogen (secondary N) is 1. The van der Waals surface area contributed by atoms with Gasteiger partial charge in [0.05, 0.1) is 0 Å². The van der Waals surface area contributed by atoms with Crippen molar-refractivity contribution in [3.05, 3.63) is 23.8 Å². The molecule has 1 aromatic heterocycles. The van der Waals surface area contributed by atoms with Crippen LogP contribution in [0.5, 0.6) is 0 Å². The van der Waals surface area contributed by atoms with Crippen molar-refractivity contribution in [3.8, 4) is 0 Å². The van der Waals surface area contributed by atoms with Crippen LogP contribution in [0, 0.1) is 5.92 Å². The van der Waals surface area contributed by atoms with Gasteiger partial charge in [0.15, 0.2) is 0 Å². The molecule has 1 aliphatic heterocycles. The van der Waals surface area contributed by atoms with Crippen LogP contribution in [0.25, 0.3) is 0 Å². The van der Waals surface area contributed by atoms with E-state index in [1.165, 1.54) is 37.8 Å². The fourth-order valence-corrected chi connectivity index (χ4v) is 2.89. The molecule has 1 saturated heterocycles. The average molecular weight is 231 g/mol. The number of nitrogens with zero attached hydrogens (tertiary/aromatic N) is 2. The van der Waals surface area contributed by atoms with Gasteiger partial charge in [0.25, 0.3) is 0 Å². The predicted octanol–water partition coefficient (Wildman–Crippen LogP) is 2.29. The summed E-state index contributed by atoms with van der Waals surface area (Å²) in [4.78, 5) is 9.20. The van der Waals surface area contributed by atoms with Gasteiger partial charge >= 0.3 is 0 Å². The molecular weight excluding hydrogens is 210 g/mol. The molecule has 1 aliphatic carbocycles. The van der Waals surface area contributed by atoms with Crippen molar-refractivity contribution in [2.75, 3.05) is 13.1 Å². The van der Waals surface area contributed by atoms with Crippen LogP contribution in [0.15, 0.2) is 12.3 Å². The Morgan fingerprint density at radius 1 is 1.18 bits per heavy atom. The lowest BCUT2D eigenvalue weighted by Gasteiger charge is -2.26. The van der Waals surface area contributed by atoms with Crippen LogP contribution in [-0.2, 0) is 6.42 Å². The first-order chi connectivity index (χ1) is 8.42. The van der Waals surface area contributed by atoms with E-state index in [1.54, 1.807) is 0 Å². The highest BCUT2D eigenvalue weighted by Crippen LogP contribution is 2.31. The molecule has 0 aromatic carbocycles. The minimum Gasteiger partial charge on any atom is -0.316 e. The fourth-order valence-electron chi connectivity index (χ4n) is 2.89. The van der Waals surface area contributed by atoms with Crippen LogP contribution in [0.2, 0.25) is 0 Å². The predicted molar refractivity (Wildman–Crippen MR) is 67.9 cm³/mol. The molecule has 2 fully saturated rings. The summed E-state index contributed by atoms with van der Waals surface area (Å²) in [6.07, 6.45) is 9.80. The summed E-state index contributed by atoms with van der Waals surface area (Å²) in [6, 6.07) is 2.12. The molecule has 1 saturated carbocycles. The van der Waals surface area contributed by atoms with Crippen molar-refractivity contribution >= 4 is 0 Å². The zero-order chi connectivity index (χ0) is 11.5. The highest BCUT2D eigenvalue weighted by atomic mass is 15.0. The summed E-state index contributed by atoms with van der Waals surface area (Å²) in [7, 11) is 0. The third-order valence-electron chi connectivity index (χ3n) is 4.09. The Morgan fingerprint density at radius 2 is 2.00 bits per heavy atom. The summed E-state index contributed by atoms with van der Waals surface area (Å²) >= 11 is 0. The van der Waals surface area contributed by atoms with Gasteiger partial charge in [-0.05, 0) is 37.9 Å². The van der Waals surface area contributed by atoms with Crippen LogP contribution in [-0.4, -0.2) is 23.1 Å². The van der Waals surface area contributed by atoms with Gasteiger partial charge in [0.1, 0.15) is 5.82 Å². The normalized spacial score (nSPS) is 22.4. The van der Waals surface area contributed by atoms with E-state index in [2.05, 4.69) is 16.4 Å². The number of hydrogen-bond acceptors (Lipinski definition) is 3. The molecule has 0 amide bonds. The fraction of sp³-hybridized carbons (Fsp3) is 0.714. The quantitative estimate of drug-likeness (QED) is 0.867. The van der Waals surface area contributed by atoms with E-state index in [1.807, 2.05) is 6.20 Å². The SMILES string of the molecule is c1cc(C2CCCCC2)nc(CC2CNC2)n1. The lowest BCUT2D eigenvalue weighted by atomic mass is 9.87. The van der Waals surface area contributed by atoms with Gasteiger partial charge < -0.3 is 5.32 Å². The molecular formula is C14H21N3. The van der Waals surface area contributed by atoms with Gasteiger partial charge in [-0.3, -0.25) is 0 Å². The van der Waals surface area contributed by atoms with Gasteiger partial charge in [-0.1, -0.05) is 19.3 Å². The van der Waals surface area contributed by atoms with E-state index < -0.39 is 0 Å². The maximum absolute atomic E-state index is 4.78. The highest BCUT2D eigenvalue weighted by Gasteiger charge is 2.20. The second-order valence-electron chi connectivity index (χ2n) is 5.46. The summed E-state index contributed by atoms with van der Waals surface area (Å²) in [6.45, 7) is 2.27. The number of rotatable bonds is 3. The third kappa shape index (κ3) is 2.65. The molecule has 92 valence electrons. The Morgan fingerprint density at radius 3 is 2.71 bits per heavy atom. The standard InChI is InChI=1S/C14H21N3/c1-2-4-12(5-3-1)13-6-7-16-14(17-13)8-11-9-15-10-11/h6-7,11-12,15H,1-5,8-10H2. The second-order valence-corrected chi connectivity index (χ2v) is 5.46. The maximum Gasteiger partial charge on any atom is 0.128 e. The Labute approximate surface area is 103 Å². The van der Waals surface area contributed by atoms with E-state index in [9.17, 15) is 0 Å². The molecule has 0 radical (unpaired) electrons. The smallest absolute Gasteiger partial charge is 0.128 e.